The van der Waals surface area contributed by atoms with E-state index in [0.29, 0.717) is 17.9 Å². The van der Waals surface area contributed by atoms with Gasteiger partial charge in [-0.2, -0.15) is 5.10 Å². The molecule has 0 amide bonds. The second kappa shape index (κ2) is 3.49. The molecule has 0 aliphatic carbocycles. The van der Waals surface area contributed by atoms with Gasteiger partial charge in [-0.3, -0.25) is 9.89 Å². The number of H-pyrrole nitrogens is 1. The van der Waals surface area contributed by atoms with E-state index in [-0.39, 0.29) is 5.78 Å². The molecule has 0 saturated heterocycles. The summed E-state index contributed by atoms with van der Waals surface area (Å²) in [6, 6.07) is 3.46. The molecule has 72 valence electrons. The SMILES string of the molecule is CCC(=O)c1ccc(-c2cn[nH]c2)o1. The molecule has 1 N–H and O–H groups in total. The number of ketones is 1. The molecule has 2 rings (SSSR count). The number of furan rings is 1. The maximum atomic E-state index is 11.3. The summed E-state index contributed by atoms with van der Waals surface area (Å²) in [7, 11) is 0. The fourth-order valence-electron chi connectivity index (χ4n) is 1.20. The van der Waals surface area contributed by atoms with Crippen LogP contribution in [-0.4, -0.2) is 16.0 Å². The van der Waals surface area contributed by atoms with Crippen molar-refractivity contribution in [3.05, 3.63) is 30.3 Å². The number of rotatable bonds is 3. The standard InChI is InChI=1S/C10H10N2O2/c1-2-8(13)10-4-3-9(14-10)7-5-11-12-6-7/h3-6H,2H2,1H3,(H,11,12). The van der Waals surface area contributed by atoms with Gasteiger partial charge >= 0.3 is 0 Å². The van der Waals surface area contributed by atoms with Gasteiger partial charge in [0.05, 0.1) is 11.8 Å². The molecule has 2 heterocycles. The number of hydrogen-bond acceptors (Lipinski definition) is 3. The van der Waals surface area contributed by atoms with Crippen LogP contribution in [0, 0.1) is 0 Å². The van der Waals surface area contributed by atoms with E-state index in [2.05, 4.69) is 10.2 Å². The molecule has 14 heavy (non-hydrogen) atoms. The summed E-state index contributed by atoms with van der Waals surface area (Å²) >= 11 is 0. The monoisotopic (exact) mass is 190 g/mol. The number of carbonyl (C=O) groups is 1. The number of Topliss-reactive ketones (excluding diaryl/α,β-unsaturated/α-hetero) is 1. The first-order valence-corrected chi connectivity index (χ1v) is 4.43. The summed E-state index contributed by atoms with van der Waals surface area (Å²) in [6.45, 7) is 1.81. The summed E-state index contributed by atoms with van der Waals surface area (Å²) < 4.78 is 5.37. The molecule has 0 aliphatic heterocycles. The third-order valence-electron chi connectivity index (χ3n) is 1.98. The van der Waals surface area contributed by atoms with Crippen molar-refractivity contribution >= 4 is 5.78 Å². The van der Waals surface area contributed by atoms with Crippen LogP contribution in [0.3, 0.4) is 0 Å². The quantitative estimate of drug-likeness (QED) is 0.755. The molecule has 0 fully saturated rings. The molecule has 2 aromatic heterocycles. The second-order valence-electron chi connectivity index (χ2n) is 2.93. The average Bonchev–Trinajstić information content (AvgIpc) is 2.86. The highest BCUT2D eigenvalue weighted by Crippen LogP contribution is 2.21. The zero-order valence-electron chi connectivity index (χ0n) is 7.78. The zero-order chi connectivity index (χ0) is 9.97. The molecule has 0 saturated carbocycles. The van der Waals surface area contributed by atoms with Crippen molar-refractivity contribution in [2.45, 2.75) is 13.3 Å². The number of carbonyl (C=O) groups excluding carboxylic acids is 1. The number of nitrogens with zero attached hydrogens (tertiary/aromatic N) is 1. The maximum Gasteiger partial charge on any atom is 0.197 e. The smallest absolute Gasteiger partial charge is 0.197 e. The Hall–Kier alpha value is -1.84. The molecule has 2 aromatic rings. The molecule has 0 aliphatic rings. The van der Waals surface area contributed by atoms with Crippen molar-refractivity contribution in [2.75, 3.05) is 0 Å². The average molecular weight is 190 g/mol. The van der Waals surface area contributed by atoms with Crippen LogP contribution >= 0.6 is 0 Å². The molecule has 4 nitrogen and oxygen atoms in total. The number of aromatic amines is 1. The van der Waals surface area contributed by atoms with Crippen molar-refractivity contribution in [3.8, 4) is 11.3 Å². The summed E-state index contributed by atoms with van der Waals surface area (Å²) in [5, 5.41) is 6.49. The van der Waals surface area contributed by atoms with Gasteiger partial charge in [-0.15, -0.1) is 0 Å². The van der Waals surface area contributed by atoms with Gasteiger partial charge in [0, 0.05) is 12.6 Å². The van der Waals surface area contributed by atoms with Crippen LogP contribution in [0.2, 0.25) is 0 Å². The van der Waals surface area contributed by atoms with Crippen LogP contribution in [0.4, 0.5) is 0 Å². The van der Waals surface area contributed by atoms with Crippen molar-refractivity contribution in [1.82, 2.24) is 10.2 Å². The number of hydrogen-bond donors (Lipinski definition) is 1. The van der Waals surface area contributed by atoms with Crippen molar-refractivity contribution in [1.29, 1.82) is 0 Å². The van der Waals surface area contributed by atoms with E-state index >= 15 is 0 Å². The minimum Gasteiger partial charge on any atom is -0.453 e. The van der Waals surface area contributed by atoms with Crippen LogP contribution in [-0.2, 0) is 0 Å². The zero-order valence-corrected chi connectivity index (χ0v) is 7.78. The Kier molecular flexibility index (Phi) is 2.18. The first-order chi connectivity index (χ1) is 6.81. The highest BCUT2D eigenvalue weighted by molar-refractivity contribution is 5.93. The molecular weight excluding hydrogens is 180 g/mol. The fourth-order valence-corrected chi connectivity index (χ4v) is 1.20. The van der Waals surface area contributed by atoms with Crippen molar-refractivity contribution in [3.63, 3.8) is 0 Å². The van der Waals surface area contributed by atoms with Gasteiger partial charge in [-0.05, 0) is 12.1 Å². The number of aromatic nitrogens is 2. The van der Waals surface area contributed by atoms with E-state index < -0.39 is 0 Å². The molecule has 0 radical (unpaired) electrons. The van der Waals surface area contributed by atoms with Crippen molar-refractivity contribution < 1.29 is 9.21 Å². The van der Waals surface area contributed by atoms with Crippen LogP contribution in [0.15, 0.2) is 28.9 Å². The van der Waals surface area contributed by atoms with Crippen molar-refractivity contribution in [2.24, 2.45) is 0 Å². The summed E-state index contributed by atoms with van der Waals surface area (Å²) in [4.78, 5) is 11.3. The van der Waals surface area contributed by atoms with E-state index in [0.717, 1.165) is 5.56 Å². The molecule has 0 atom stereocenters. The highest BCUT2D eigenvalue weighted by Gasteiger charge is 2.10. The Balaban J connectivity index is 2.31. The Bertz CT molecular complexity index is 429. The summed E-state index contributed by atoms with van der Waals surface area (Å²) in [5.41, 5.74) is 0.847. The maximum absolute atomic E-state index is 11.3. The fraction of sp³-hybridized carbons (Fsp3) is 0.200. The molecule has 0 bridgehead atoms. The van der Waals surface area contributed by atoms with Gasteiger partial charge in [0.25, 0.3) is 0 Å². The van der Waals surface area contributed by atoms with Gasteiger partial charge in [-0.25, -0.2) is 0 Å². The van der Waals surface area contributed by atoms with Crippen LogP contribution in [0.5, 0.6) is 0 Å². The first-order valence-electron chi connectivity index (χ1n) is 4.43. The molecule has 0 aromatic carbocycles. The van der Waals surface area contributed by atoms with E-state index in [1.165, 1.54) is 0 Å². The lowest BCUT2D eigenvalue weighted by atomic mass is 10.2. The predicted molar refractivity (Wildman–Crippen MR) is 50.9 cm³/mol. The lowest BCUT2D eigenvalue weighted by Gasteiger charge is -1.91. The Morgan fingerprint density at radius 3 is 3.07 bits per heavy atom. The predicted octanol–water partition coefficient (Wildman–Crippen LogP) is 2.26. The Morgan fingerprint density at radius 1 is 1.57 bits per heavy atom. The Morgan fingerprint density at radius 2 is 2.43 bits per heavy atom. The van der Waals surface area contributed by atoms with E-state index in [9.17, 15) is 4.79 Å². The second-order valence-corrected chi connectivity index (χ2v) is 2.93. The van der Waals surface area contributed by atoms with E-state index in [1.54, 1.807) is 24.5 Å². The minimum atomic E-state index is 0.0137. The van der Waals surface area contributed by atoms with Gasteiger partial charge in [0.15, 0.2) is 11.5 Å². The minimum absolute atomic E-state index is 0.0137. The first kappa shape index (κ1) is 8.74. The lowest BCUT2D eigenvalue weighted by Crippen LogP contribution is -1.92. The molecule has 4 heteroatoms. The van der Waals surface area contributed by atoms with Crippen LogP contribution in [0.1, 0.15) is 23.9 Å². The molecular formula is C10H10N2O2. The Labute approximate surface area is 80.9 Å². The van der Waals surface area contributed by atoms with Gasteiger partial charge < -0.3 is 4.42 Å². The molecule has 0 unspecified atom stereocenters. The third kappa shape index (κ3) is 1.46. The van der Waals surface area contributed by atoms with E-state index in [1.807, 2.05) is 6.92 Å². The highest BCUT2D eigenvalue weighted by atomic mass is 16.3. The topological polar surface area (TPSA) is 58.9 Å². The van der Waals surface area contributed by atoms with Crippen LogP contribution in [0.25, 0.3) is 11.3 Å². The van der Waals surface area contributed by atoms with Gasteiger partial charge in [-0.1, -0.05) is 6.92 Å². The van der Waals surface area contributed by atoms with E-state index in [4.69, 9.17) is 4.42 Å². The summed E-state index contributed by atoms with van der Waals surface area (Å²) in [6.07, 6.45) is 3.83. The van der Waals surface area contributed by atoms with Gasteiger partial charge in [0.2, 0.25) is 0 Å². The number of nitrogens with one attached hydrogen (secondary N) is 1. The normalized spacial score (nSPS) is 10.4. The largest absolute Gasteiger partial charge is 0.453 e. The van der Waals surface area contributed by atoms with Gasteiger partial charge in [0.1, 0.15) is 5.76 Å². The summed E-state index contributed by atoms with van der Waals surface area (Å²) in [5.74, 6) is 1.08. The lowest BCUT2D eigenvalue weighted by molar-refractivity contribution is 0.0962. The third-order valence-corrected chi connectivity index (χ3v) is 1.98. The molecule has 0 spiro atoms. The van der Waals surface area contributed by atoms with Crippen LogP contribution < -0.4 is 0 Å².